The fraction of sp³-hybridized carbons (Fsp3) is 0.750. The van der Waals surface area contributed by atoms with Crippen molar-refractivity contribution in [3.63, 3.8) is 0 Å². The summed E-state index contributed by atoms with van der Waals surface area (Å²) in [5, 5.41) is 15.9. The maximum absolute atomic E-state index is 10.7. The summed E-state index contributed by atoms with van der Waals surface area (Å²) in [5.41, 5.74) is 1.28. The van der Waals surface area contributed by atoms with Gasteiger partial charge in [-0.1, -0.05) is 18.5 Å². The van der Waals surface area contributed by atoms with Crippen molar-refractivity contribution in [1.29, 1.82) is 0 Å². The highest BCUT2D eigenvalue weighted by Crippen LogP contribution is 2.38. The molecule has 0 saturated carbocycles. The molecule has 1 aliphatic rings. The summed E-state index contributed by atoms with van der Waals surface area (Å²) in [7, 11) is 1.84. The number of halogens is 1. The van der Waals surface area contributed by atoms with E-state index >= 15 is 0 Å². The normalized spacial score (nSPS) is 29.6. The van der Waals surface area contributed by atoms with Gasteiger partial charge in [0.25, 0.3) is 0 Å². The van der Waals surface area contributed by atoms with E-state index in [0.717, 1.165) is 29.9 Å². The molecule has 1 aliphatic heterocycles. The lowest BCUT2D eigenvalue weighted by Crippen LogP contribution is -2.43. The summed E-state index contributed by atoms with van der Waals surface area (Å²) in [6.45, 7) is 4.05. The molecule has 0 amide bonds. The topological polar surface area (TPSA) is 38.0 Å². The summed E-state index contributed by atoms with van der Waals surface area (Å²) in [5.74, 6) is 1.14. The highest BCUT2D eigenvalue weighted by molar-refractivity contribution is 8.00. The van der Waals surface area contributed by atoms with Crippen molar-refractivity contribution in [2.75, 3.05) is 5.75 Å². The van der Waals surface area contributed by atoms with Gasteiger partial charge in [0.05, 0.1) is 11.3 Å². The van der Waals surface area contributed by atoms with Crippen LogP contribution in [0, 0.1) is 6.92 Å². The van der Waals surface area contributed by atoms with E-state index in [9.17, 15) is 5.11 Å². The highest BCUT2D eigenvalue weighted by atomic mass is 35.5. The molecular formula is C12H19ClN2OS. The van der Waals surface area contributed by atoms with Crippen molar-refractivity contribution in [1.82, 2.24) is 9.78 Å². The molecule has 1 aromatic heterocycles. The van der Waals surface area contributed by atoms with Crippen molar-refractivity contribution >= 4 is 23.4 Å². The molecule has 17 heavy (non-hydrogen) atoms. The smallest absolute Gasteiger partial charge is 0.130 e. The Morgan fingerprint density at radius 3 is 2.88 bits per heavy atom. The zero-order chi connectivity index (χ0) is 12.6. The van der Waals surface area contributed by atoms with E-state index in [1.807, 2.05) is 25.7 Å². The van der Waals surface area contributed by atoms with Crippen LogP contribution in [0.5, 0.6) is 0 Å². The second-order valence-electron chi connectivity index (χ2n) is 4.88. The van der Waals surface area contributed by atoms with Gasteiger partial charge in [0.1, 0.15) is 5.15 Å². The number of hydrogen-bond acceptors (Lipinski definition) is 3. The Balaban J connectivity index is 2.24. The first-order valence-corrected chi connectivity index (χ1v) is 7.38. The molecule has 1 aromatic rings. The minimum absolute atomic E-state index is 0.256. The van der Waals surface area contributed by atoms with Crippen LogP contribution >= 0.6 is 23.4 Å². The summed E-state index contributed by atoms with van der Waals surface area (Å²) >= 11 is 8.07. The summed E-state index contributed by atoms with van der Waals surface area (Å²) in [6, 6.07) is 0. The number of nitrogens with zero attached hydrogens (tertiary/aromatic N) is 2. The van der Waals surface area contributed by atoms with Gasteiger partial charge in [0.15, 0.2) is 0 Å². The predicted octanol–water partition coefficient (Wildman–Crippen LogP) is 2.57. The minimum atomic E-state index is -0.639. The van der Waals surface area contributed by atoms with Gasteiger partial charge >= 0.3 is 0 Å². The molecule has 0 aromatic carbocycles. The Morgan fingerprint density at radius 1 is 1.65 bits per heavy atom. The molecule has 2 atom stereocenters. The fourth-order valence-electron chi connectivity index (χ4n) is 2.41. The molecule has 1 saturated heterocycles. The van der Waals surface area contributed by atoms with Crippen molar-refractivity contribution in [2.24, 2.45) is 7.05 Å². The average molecular weight is 275 g/mol. The standard InChI is InChI=1S/C12H19ClN2OS/c1-8-10(11(13)15(3)14-8)7-12(16)5-4-6-17-9(12)2/h9,16H,4-7H2,1-3H3. The molecule has 5 heteroatoms. The van der Waals surface area contributed by atoms with Gasteiger partial charge in [-0.2, -0.15) is 16.9 Å². The molecule has 0 bridgehead atoms. The lowest BCUT2D eigenvalue weighted by molar-refractivity contribution is 0.0296. The van der Waals surface area contributed by atoms with E-state index in [2.05, 4.69) is 12.0 Å². The number of thioether (sulfide) groups is 1. The van der Waals surface area contributed by atoms with E-state index < -0.39 is 5.60 Å². The molecule has 2 heterocycles. The summed E-state index contributed by atoms with van der Waals surface area (Å²) in [6.07, 6.45) is 2.54. The summed E-state index contributed by atoms with van der Waals surface area (Å²) in [4.78, 5) is 0. The molecule has 0 spiro atoms. The average Bonchev–Trinajstić information content (AvgIpc) is 2.50. The first-order valence-electron chi connectivity index (χ1n) is 5.96. The SMILES string of the molecule is Cc1nn(C)c(Cl)c1CC1(O)CCCSC1C. The van der Waals surface area contributed by atoms with Crippen LogP contribution in [0.3, 0.4) is 0 Å². The van der Waals surface area contributed by atoms with E-state index in [4.69, 9.17) is 11.6 Å². The van der Waals surface area contributed by atoms with Crippen molar-refractivity contribution < 1.29 is 5.11 Å². The number of aliphatic hydroxyl groups is 1. The van der Waals surface area contributed by atoms with Crippen LogP contribution in [0.15, 0.2) is 0 Å². The number of rotatable bonds is 2. The Kier molecular flexibility index (Phi) is 3.76. The second kappa shape index (κ2) is 4.82. The van der Waals surface area contributed by atoms with Crippen LogP contribution in [-0.4, -0.2) is 31.5 Å². The predicted molar refractivity (Wildman–Crippen MR) is 72.8 cm³/mol. The van der Waals surface area contributed by atoms with Gasteiger partial charge in [-0.05, 0) is 25.5 Å². The molecule has 1 N–H and O–H groups in total. The molecule has 3 nitrogen and oxygen atoms in total. The molecule has 2 unspecified atom stereocenters. The van der Waals surface area contributed by atoms with Crippen LogP contribution in [0.4, 0.5) is 0 Å². The van der Waals surface area contributed by atoms with E-state index in [1.54, 1.807) is 4.68 Å². The zero-order valence-corrected chi connectivity index (χ0v) is 12.1. The van der Waals surface area contributed by atoms with Crippen LogP contribution in [0.2, 0.25) is 5.15 Å². The Bertz CT molecular complexity index is 421. The third kappa shape index (κ3) is 2.49. The zero-order valence-electron chi connectivity index (χ0n) is 10.5. The number of aryl methyl sites for hydroxylation is 2. The van der Waals surface area contributed by atoms with Gasteiger partial charge in [-0.3, -0.25) is 4.68 Å². The molecule has 0 aliphatic carbocycles. The first kappa shape index (κ1) is 13.2. The highest BCUT2D eigenvalue weighted by Gasteiger charge is 2.38. The van der Waals surface area contributed by atoms with E-state index in [-0.39, 0.29) is 5.25 Å². The van der Waals surface area contributed by atoms with Crippen molar-refractivity contribution in [3.05, 3.63) is 16.4 Å². The minimum Gasteiger partial charge on any atom is -0.388 e. The fourth-order valence-corrected chi connectivity index (χ4v) is 3.83. The molecule has 96 valence electrons. The maximum atomic E-state index is 10.7. The van der Waals surface area contributed by atoms with Gasteiger partial charge in [-0.15, -0.1) is 0 Å². The van der Waals surface area contributed by atoms with Crippen LogP contribution in [0.25, 0.3) is 0 Å². The van der Waals surface area contributed by atoms with Crippen LogP contribution in [-0.2, 0) is 13.5 Å². The molecule has 1 fully saturated rings. The lowest BCUT2D eigenvalue weighted by atomic mass is 9.87. The van der Waals surface area contributed by atoms with Crippen molar-refractivity contribution in [2.45, 2.75) is 44.0 Å². The Hall–Kier alpha value is -0.190. The molecule has 0 radical (unpaired) electrons. The van der Waals surface area contributed by atoms with Gasteiger partial charge in [0, 0.05) is 24.3 Å². The van der Waals surface area contributed by atoms with E-state index in [1.165, 1.54) is 0 Å². The third-order valence-corrected chi connectivity index (χ3v) is 5.57. The number of aromatic nitrogens is 2. The number of hydrogen-bond donors (Lipinski definition) is 1. The third-order valence-electron chi connectivity index (χ3n) is 3.63. The van der Waals surface area contributed by atoms with Gasteiger partial charge in [-0.25, -0.2) is 0 Å². The maximum Gasteiger partial charge on any atom is 0.130 e. The Morgan fingerprint density at radius 2 is 2.35 bits per heavy atom. The molecular weight excluding hydrogens is 256 g/mol. The van der Waals surface area contributed by atoms with Crippen LogP contribution < -0.4 is 0 Å². The summed E-state index contributed by atoms with van der Waals surface area (Å²) < 4.78 is 1.68. The quantitative estimate of drug-likeness (QED) is 0.901. The lowest BCUT2D eigenvalue weighted by Gasteiger charge is -2.37. The molecule has 2 rings (SSSR count). The van der Waals surface area contributed by atoms with Gasteiger partial charge < -0.3 is 5.11 Å². The van der Waals surface area contributed by atoms with Gasteiger partial charge in [0.2, 0.25) is 0 Å². The van der Waals surface area contributed by atoms with Crippen molar-refractivity contribution in [3.8, 4) is 0 Å². The largest absolute Gasteiger partial charge is 0.388 e. The van der Waals surface area contributed by atoms with Crippen LogP contribution in [0.1, 0.15) is 31.0 Å². The second-order valence-corrected chi connectivity index (χ2v) is 6.68. The van der Waals surface area contributed by atoms with E-state index in [0.29, 0.717) is 11.6 Å². The first-order chi connectivity index (χ1) is 7.94. The Labute approximate surface area is 112 Å². The monoisotopic (exact) mass is 274 g/mol.